The first kappa shape index (κ1) is 22.7. The maximum absolute atomic E-state index is 5.84. The third kappa shape index (κ3) is 4.59. The van der Waals surface area contributed by atoms with E-state index in [4.69, 9.17) is 9.47 Å². The van der Waals surface area contributed by atoms with Crippen LogP contribution in [0.4, 0.5) is 5.69 Å². The third-order valence-electron chi connectivity index (χ3n) is 7.22. The van der Waals surface area contributed by atoms with E-state index in [0.29, 0.717) is 6.04 Å². The predicted octanol–water partition coefficient (Wildman–Crippen LogP) is 4.11. The molecule has 2 aromatic carbocycles. The quantitative estimate of drug-likeness (QED) is 0.523. The van der Waals surface area contributed by atoms with E-state index in [1.807, 2.05) is 12.1 Å². The molecule has 0 radical (unpaired) electrons. The predicted molar refractivity (Wildman–Crippen MR) is 132 cm³/mol. The first-order valence-corrected chi connectivity index (χ1v) is 12.3. The van der Waals surface area contributed by atoms with Crippen LogP contribution < -0.4 is 14.4 Å². The number of benzene rings is 2. The minimum Gasteiger partial charge on any atom is -0.497 e. The summed E-state index contributed by atoms with van der Waals surface area (Å²) in [5.41, 5.74) is 2.34. The molecule has 0 N–H and O–H groups in total. The summed E-state index contributed by atoms with van der Waals surface area (Å²) in [7, 11) is 3.39. The van der Waals surface area contributed by atoms with Gasteiger partial charge < -0.3 is 14.4 Å². The Morgan fingerprint density at radius 3 is 2.35 bits per heavy atom. The van der Waals surface area contributed by atoms with Gasteiger partial charge in [0.25, 0.3) is 0 Å². The Morgan fingerprint density at radius 1 is 0.882 bits per heavy atom. The number of rotatable bonds is 7. The van der Waals surface area contributed by atoms with Crippen molar-refractivity contribution in [3.8, 4) is 11.5 Å². The molecule has 1 saturated heterocycles. The molecule has 2 heterocycles. The Balaban J connectivity index is 1.49. The molecule has 5 rings (SSSR count). The van der Waals surface area contributed by atoms with E-state index in [1.165, 1.54) is 24.9 Å². The maximum atomic E-state index is 5.84. The van der Waals surface area contributed by atoms with Gasteiger partial charge in [-0.25, -0.2) is 4.68 Å². The maximum Gasteiger partial charge on any atom is 0.173 e. The van der Waals surface area contributed by atoms with Crippen LogP contribution >= 0.6 is 0 Å². The lowest BCUT2D eigenvalue weighted by atomic mass is 9.94. The molecule has 1 atom stereocenters. The van der Waals surface area contributed by atoms with Crippen LogP contribution in [0.15, 0.2) is 48.5 Å². The summed E-state index contributed by atoms with van der Waals surface area (Å²) in [6.45, 7) is 3.71. The second-order valence-corrected chi connectivity index (χ2v) is 9.14. The van der Waals surface area contributed by atoms with Gasteiger partial charge >= 0.3 is 0 Å². The third-order valence-corrected chi connectivity index (χ3v) is 7.22. The lowest BCUT2D eigenvalue weighted by molar-refractivity contribution is 0.190. The fourth-order valence-corrected chi connectivity index (χ4v) is 5.39. The van der Waals surface area contributed by atoms with Crippen LogP contribution in [0.3, 0.4) is 0 Å². The minimum absolute atomic E-state index is 0.0873. The Bertz CT molecular complexity index is 1060. The van der Waals surface area contributed by atoms with Gasteiger partial charge in [0, 0.05) is 43.5 Å². The van der Waals surface area contributed by atoms with E-state index in [2.05, 4.69) is 66.4 Å². The van der Waals surface area contributed by atoms with Crippen LogP contribution in [0.1, 0.15) is 55.6 Å². The first-order valence-electron chi connectivity index (χ1n) is 12.3. The molecule has 8 heteroatoms. The van der Waals surface area contributed by atoms with Crippen LogP contribution in [0.5, 0.6) is 11.5 Å². The number of para-hydroxylation sites is 1. The highest BCUT2D eigenvalue weighted by Crippen LogP contribution is 2.38. The van der Waals surface area contributed by atoms with Crippen LogP contribution in [0.25, 0.3) is 0 Å². The second-order valence-electron chi connectivity index (χ2n) is 9.14. The van der Waals surface area contributed by atoms with Crippen LogP contribution in [-0.4, -0.2) is 65.5 Å². The molecule has 1 aliphatic heterocycles. The van der Waals surface area contributed by atoms with Gasteiger partial charge in [-0.05, 0) is 47.5 Å². The van der Waals surface area contributed by atoms with Crippen molar-refractivity contribution in [1.29, 1.82) is 0 Å². The number of piperazine rings is 1. The minimum atomic E-state index is -0.0873. The molecule has 1 saturated carbocycles. The largest absolute Gasteiger partial charge is 0.497 e. The molecule has 8 nitrogen and oxygen atoms in total. The monoisotopic (exact) mass is 462 g/mol. The van der Waals surface area contributed by atoms with E-state index in [9.17, 15) is 0 Å². The summed E-state index contributed by atoms with van der Waals surface area (Å²) in [6.07, 6.45) is 6.02. The lowest BCUT2D eigenvalue weighted by Crippen LogP contribution is -2.48. The van der Waals surface area contributed by atoms with Gasteiger partial charge in [0.05, 0.1) is 20.3 Å². The molecule has 1 aliphatic carbocycles. The number of anilines is 1. The SMILES string of the molecule is COc1ccc([C@@H](c2nnnn2C2CCCCC2)N2CCN(c3ccccc3)CC2)c(OC)c1. The Kier molecular flexibility index (Phi) is 6.94. The van der Waals surface area contributed by atoms with Crippen molar-refractivity contribution in [2.75, 3.05) is 45.3 Å². The van der Waals surface area contributed by atoms with Crippen molar-refractivity contribution >= 4 is 5.69 Å². The number of hydrogen-bond donors (Lipinski definition) is 0. The zero-order chi connectivity index (χ0) is 23.3. The number of hydrogen-bond acceptors (Lipinski definition) is 7. The van der Waals surface area contributed by atoms with Gasteiger partial charge in [-0.1, -0.05) is 37.5 Å². The molecule has 0 bridgehead atoms. The van der Waals surface area contributed by atoms with Gasteiger partial charge in [0.15, 0.2) is 5.82 Å². The molecule has 3 aromatic rings. The van der Waals surface area contributed by atoms with Gasteiger partial charge in [-0.15, -0.1) is 5.10 Å². The van der Waals surface area contributed by atoms with Gasteiger partial charge in [0.2, 0.25) is 0 Å². The van der Waals surface area contributed by atoms with Crippen molar-refractivity contribution in [3.63, 3.8) is 0 Å². The molecule has 34 heavy (non-hydrogen) atoms. The van der Waals surface area contributed by atoms with Crippen molar-refractivity contribution in [2.24, 2.45) is 0 Å². The van der Waals surface area contributed by atoms with E-state index < -0.39 is 0 Å². The smallest absolute Gasteiger partial charge is 0.173 e. The van der Waals surface area contributed by atoms with Crippen molar-refractivity contribution < 1.29 is 9.47 Å². The highest BCUT2D eigenvalue weighted by molar-refractivity contribution is 5.47. The molecular formula is C26H34N6O2. The molecule has 0 amide bonds. The average Bonchev–Trinajstić information content (AvgIpc) is 3.40. The normalized spacial score (nSPS) is 18.6. The molecule has 1 aromatic heterocycles. The van der Waals surface area contributed by atoms with Crippen molar-refractivity contribution in [3.05, 3.63) is 59.9 Å². The summed E-state index contributed by atoms with van der Waals surface area (Å²) in [5.74, 6) is 2.48. The summed E-state index contributed by atoms with van der Waals surface area (Å²) in [4.78, 5) is 4.94. The van der Waals surface area contributed by atoms with E-state index >= 15 is 0 Å². The zero-order valence-electron chi connectivity index (χ0n) is 20.1. The molecule has 2 fully saturated rings. The highest BCUT2D eigenvalue weighted by Gasteiger charge is 2.34. The van der Waals surface area contributed by atoms with E-state index in [1.54, 1.807) is 14.2 Å². The van der Waals surface area contributed by atoms with Crippen LogP contribution in [0.2, 0.25) is 0 Å². The zero-order valence-corrected chi connectivity index (χ0v) is 20.1. The summed E-state index contributed by atoms with van der Waals surface area (Å²) in [5, 5.41) is 13.2. The Labute approximate surface area is 201 Å². The molecule has 180 valence electrons. The standard InChI is InChI=1S/C26H34N6O2/c1-33-22-13-14-23(24(19-22)34-2)25(26-27-28-29-32(26)21-11-7-4-8-12-21)31-17-15-30(16-18-31)20-9-5-3-6-10-20/h3,5-6,9-10,13-14,19,21,25H,4,7-8,11-12,15-18H2,1-2H3/t25-/m0/s1. The fraction of sp³-hybridized carbons (Fsp3) is 0.500. The van der Waals surface area contributed by atoms with Gasteiger partial charge in [-0.2, -0.15) is 0 Å². The average molecular weight is 463 g/mol. The van der Waals surface area contributed by atoms with Crippen molar-refractivity contribution in [1.82, 2.24) is 25.1 Å². The lowest BCUT2D eigenvalue weighted by Gasteiger charge is -2.40. The van der Waals surface area contributed by atoms with E-state index in [0.717, 1.165) is 61.9 Å². The van der Waals surface area contributed by atoms with Crippen LogP contribution in [-0.2, 0) is 0 Å². The number of aromatic nitrogens is 4. The molecule has 0 spiro atoms. The Morgan fingerprint density at radius 2 is 1.65 bits per heavy atom. The van der Waals surface area contributed by atoms with Gasteiger partial charge in [-0.3, -0.25) is 4.90 Å². The number of nitrogens with zero attached hydrogens (tertiary/aromatic N) is 6. The van der Waals surface area contributed by atoms with Crippen LogP contribution in [0, 0.1) is 0 Å². The summed E-state index contributed by atoms with van der Waals surface area (Å²) in [6, 6.07) is 17.0. The number of methoxy groups -OCH3 is 2. The Hall–Kier alpha value is -3.13. The van der Waals surface area contributed by atoms with E-state index in [-0.39, 0.29) is 6.04 Å². The topological polar surface area (TPSA) is 68.5 Å². The molecular weight excluding hydrogens is 428 g/mol. The molecule has 2 aliphatic rings. The number of tetrazole rings is 1. The number of ether oxygens (including phenoxy) is 2. The highest BCUT2D eigenvalue weighted by atomic mass is 16.5. The van der Waals surface area contributed by atoms with Gasteiger partial charge in [0.1, 0.15) is 17.5 Å². The molecule has 0 unspecified atom stereocenters. The van der Waals surface area contributed by atoms with Crippen molar-refractivity contribution in [2.45, 2.75) is 44.2 Å². The first-order chi connectivity index (χ1) is 16.8. The summed E-state index contributed by atoms with van der Waals surface area (Å²) >= 11 is 0. The second kappa shape index (κ2) is 10.4. The fourth-order valence-electron chi connectivity index (χ4n) is 5.39. The summed E-state index contributed by atoms with van der Waals surface area (Å²) < 4.78 is 13.4.